The lowest BCUT2D eigenvalue weighted by atomic mass is 9.94. The standard InChI is InChI=1S/C14H22N2O/c1-10-6-7-16(9-14(10)17)11(2)12-4-3-5-13(15)8-12/h3-5,8,10-11,14,17H,6-7,9,15H2,1-2H3. The number of nitrogens with zero attached hydrogens (tertiary/aromatic N) is 1. The molecule has 94 valence electrons. The van der Waals surface area contributed by atoms with E-state index in [1.807, 2.05) is 18.2 Å². The normalized spacial score (nSPS) is 27.9. The molecule has 1 saturated heterocycles. The highest BCUT2D eigenvalue weighted by Gasteiger charge is 2.27. The number of rotatable bonds is 2. The molecule has 0 spiro atoms. The molecule has 0 bridgehead atoms. The van der Waals surface area contributed by atoms with Crippen molar-refractivity contribution in [1.82, 2.24) is 4.90 Å². The van der Waals surface area contributed by atoms with Crippen LogP contribution < -0.4 is 5.73 Å². The van der Waals surface area contributed by atoms with E-state index in [-0.39, 0.29) is 6.10 Å². The summed E-state index contributed by atoms with van der Waals surface area (Å²) in [4.78, 5) is 2.33. The van der Waals surface area contributed by atoms with Crippen LogP contribution in [0, 0.1) is 5.92 Å². The van der Waals surface area contributed by atoms with Crippen molar-refractivity contribution in [3.8, 4) is 0 Å². The van der Waals surface area contributed by atoms with Crippen LogP contribution in [0.1, 0.15) is 31.9 Å². The summed E-state index contributed by atoms with van der Waals surface area (Å²) < 4.78 is 0. The number of β-amino-alcohol motifs (C(OH)–C–C–N with tert-alkyl or cyclic N) is 1. The summed E-state index contributed by atoms with van der Waals surface area (Å²) in [6.45, 7) is 6.11. The van der Waals surface area contributed by atoms with Crippen LogP contribution >= 0.6 is 0 Å². The minimum atomic E-state index is -0.202. The van der Waals surface area contributed by atoms with Crippen molar-refractivity contribution in [2.75, 3.05) is 18.8 Å². The number of anilines is 1. The first-order valence-electron chi connectivity index (χ1n) is 6.35. The zero-order valence-corrected chi connectivity index (χ0v) is 10.6. The van der Waals surface area contributed by atoms with Crippen LogP contribution in [-0.4, -0.2) is 29.2 Å². The van der Waals surface area contributed by atoms with E-state index >= 15 is 0 Å². The van der Waals surface area contributed by atoms with Gasteiger partial charge in [0.05, 0.1) is 6.10 Å². The van der Waals surface area contributed by atoms with Crippen molar-refractivity contribution in [2.24, 2.45) is 5.92 Å². The van der Waals surface area contributed by atoms with E-state index in [1.54, 1.807) is 0 Å². The number of benzene rings is 1. The molecule has 3 unspecified atom stereocenters. The van der Waals surface area contributed by atoms with Gasteiger partial charge in [0.1, 0.15) is 0 Å². The topological polar surface area (TPSA) is 49.5 Å². The third-order valence-corrected chi connectivity index (χ3v) is 3.89. The Morgan fingerprint density at radius 1 is 1.47 bits per heavy atom. The molecule has 1 fully saturated rings. The lowest BCUT2D eigenvalue weighted by Crippen LogP contribution is -2.43. The van der Waals surface area contributed by atoms with Crippen LogP contribution in [-0.2, 0) is 0 Å². The Kier molecular flexibility index (Phi) is 3.69. The molecule has 2 rings (SSSR count). The molecular formula is C14H22N2O. The summed E-state index contributed by atoms with van der Waals surface area (Å²) in [5, 5.41) is 9.93. The third kappa shape index (κ3) is 2.79. The number of nitrogen functional groups attached to an aromatic ring is 1. The van der Waals surface area contributed by atoms with Crippen molar-refractivity contribution < 1.29 is 5.11 Å². The molecule has 3 atom stereocenters. The first-order chi connectivity index (χ1) is 8.08. The number of nitrogens with two attached hydrogens (primary N) is 1. The summed E-state index contributed by atoms with van der Waals surface area (Å²) in [7, 11) is 0. The number of aliphatic hydroxyl groups excluding tert-OH is 1. The van der Waals surface area contributed by atoms with E-state index in [2.05, 4.69) is 24.8 Å². The van der Waals surface area contributed by atoms with Gasteiger partial charge in [-0.1, -0.05) is 19.1 Å². The third-order valence-electron chi connectivity index (χ3n) is 3.89. The molecular weight excluding hydrogens is 212 g/mol. The van der Waals surface area contributed by atoms with Gasteiger partial charge in [0.15, 0.2) is 0 Å². The SMILES string of the molecule is CC1CCN(C(C)c2cccc(N)c2)CC1O. The molecule has 3 heteroatoms. The number of hydrogen-bond donors (Lipinski definition) is 2. The van der Waals surface area contributed by atoms with Gasteiger partial charge in [0.2, 0.25) is 0 Å². The largest absolute Gasteiger partial charge is 0.399 e. The predicted octanol–water partition coefficient (Wildman–Crippen LogP) is 2.03. The molecule has 0 amide bonds. The Balaban J connectivity index is 2.07. The summed E-state index contributed by atoms with van der Waals surface area (Å²) in [5.74, 6) is 0.416. The van der Waals surface area contributed by atoms with Gasteiger partial charge in [0, 0.05) is 18.3 Å². The highest BCUT2D eigenvalue weighted by Crippen LogP contribution is 2.27. The van der Waals surface area contributed by atoms with E-state index in [4.69, 9.17) is 5.73 Å². The average Bonchev–Trinajstić information content (AvgIpc) is 2.32. The van der Waals surface area contributed by atoms with Crippen molar-refractivity contribution in [3.05, 3.63) is 29.8 Å². The van der Waals surface area contributed by atoms with Crippen LogP contribution in [0.2, 0.25) is 0 Å². The van der Waals surface area contributed by atoms with Crippen molar-refractivity contribution >= 4 is 5.69 Å². The van der Waals surface area contributed by atoms with E-state index in [1.165, 1.54) is 5.56 Å². The highest BCUT2D eigenvalue weighted by atomic mass is 16.3. The van der Waals surface area contributed by atoms with Gasteiger partial charge in [-0.2, -0.15) is 0 Å². The molecule has 3 N–H and O–H groups in total. The van der Waals surface area contributed by atoms with Crippen LogP contribution in [0.3, 0.4) is 0 Å². The molecule has 1 aliphatic rings. The van der Waals surface area contributed by atoms with Gasteiger partial charge in [-0.3, -0.25) is 4.90 Å². The highest BCUT2D eigenvalue weighted by molar-refractivity contribution is 5.41. The van der Waals surface area contributed by atoms with Gasteiger partial charge < -0.3 is 10.8 Å². The zero-order chi connectivity index (χ0) is 12.4. The zero-order valence-electron chi connectivity index (χ0n) is 10.6. The van der Waals surface area contributed by atoms with Gasteiger partial charge in [-0.15, -0.1) is 0 Å². The van der Waals surface area contributed by atoms with Gasteiger partial charge in [0.25, 0.3) is 0 Å². The number of aliphatic hydroxyl groups is 1. The van der Waals surface area contributed by atoms with Crippen molar-refractivity contribution in [2.45, 2.75) is 32.4 Å². The molecule has 0 aliphatic carbocycles. The fourth-order valence-electron chi connectivity index (χ4n) is 2.45. The van der Waals surface area contributed by atoms with E-state index < -0.39 is 0 Å². The van der Waals surface area contributed by atoms with Crippen LogP contribution in [0.15, 0.2) is 24.3 Å². The van der Waals surface area contributed by atoms with Crippen LogP contribution in [0.5, 0.6) is 0 Å². The van der Waals surface area contributed by atoms with E-state index in [0.29, 0.717) is 12.0 Å². The van der Waals surface area contributed by atoms with Gasteiger partial charge in [-0.25, -0.2) is 0 Å². The van der Waals surface area contributed by atoms with E-state index in [9.17, 15) is 5.11 Å². The Bertz CT molecular complexity index is 380. The smallest absolute Gasteiger partial charge is 0.0693 e. The molecule has 0 radical (unpaired) electrons. The molecule has 1 aromatic rings. The predicted molar refractivity (Wildman–Crippen MR) is 70.6 cm³/mol. The quantitative estimate of drug-likeness (QED) is 0.770. The van der Waals surface area contributed by atoms with Crippen LogP contribution in [0.25, 0.3) is 0 Å². The molecule has 1 heterocycles. The molecule has 1 aliphatic heterocycles. The molecule has 0 saturated carbocycles. The van der Waals surface area contributed by atoms with Crippen molar-refractivity contribution in [1.29, 1.82) is 0 Å². The lowest BCUT2D eigenvalue weighted by molar-refractivity contribution is 0.0129. The van der Waals surface area contributed by atoms with Gasteiger partial charge >= 0.3 is 0 Å². The molecule has 3 nitrogen and oxygen atoms in total. The number of piperidine rings is 1. The first-order valence-corrected chi connectivity index (χ1v) is 6.35. The number of hydrogen-bond acceptors (Lipinski definition) is 3. The first kappa shape index (κ1) is 12.4. The second kappa shape index (κ2) is 5.07. The number of likely N-dealkylation sites (tertiary alicyclic amines) is 1. The van der Waals surface area contributed by atoms with Crippen LogP contribution in [0.4, 0.5) is 5.69 Å². The summed E-state index contributed by atoms with van der Waals surface area (Å²) in [6, 6.07) is 8.34. The average molecular weight is 234 g/mol. The Hall–Kier alpha value is -1.06. The maximum absolute atomic E-state index is 9.93. The van der Waals surface area contributed by atoms with Crippen molar-refractivity contribution in [3.63, 3.8) is 0 Å². The minimum absolute atomic E-state index is 0.202. The van der Waals surface area contributed by atoms with Gasteiger partial charge in [-0.05, 0) is 43.5 Å². The minimum Gasteiger partial charge on any atom is -0.399 e. The van der Waals surface area contributed by atoms with E-state index in [0.717, 1.165) is 25.2 Å². The fourth-order valence-corrected chi connectivity index (χ4v) is 2.45. The second-order valence-corrected chi connectivity index (χ2v) is 5.17. The Morgan fingerprint density at radius 2 is 2.24 bits per heavy atom. The Morgan fingerprint density at radius 3 is 2.88 bits per heavy atom. The fraction of sp³-hybridized carbons (Fsp3) is 0.571. The second-order valence-electron chi connectivity index (χ2n) is 5.17. The summed E-state index contributed by atoms with van der Waals surface area (Å²) >= 11 is 0. The molecule has 1 aromatic carbocycles. The molecule has 0 aromatic heterocycles. The monoisotopic (exact) mass is 234 g/mol. The Labute approximate surface area is 103 Å². The lowest BCUT2D eigenvalue weighted by Gasteiger charge is -2.38. The maximum Gasteiger partial charge on any atom is 0.0693 e. The summed E-state index contributed by atoms with van der Waals surface area (Å²) in [6.07, 6.45) is 0.862. The maximum atomic E-state index is 9.93. The molecule has 17 heavy (non-hydrogen) atoms. The summed E-state index contributed by atoms with van der Waals surface area (Å²) in [5.41, 5.74) is 7.84.